The van der Waals surface area contributed by atoms with Crippen molar-refractivity contribution < 1.29 is 9.90 Å². The first-order chi connectivity index (χ1) is 8.69. The van der Waals surface area contributed by atoms with Crippen LogP contribution in [-0.4, -0.2) is 48.2 Å². The third-order valence-corrected chi connectivity index (χ3v) is 3.69. The average Bonchev–Trinajstić information content (AvgIpc) is 2.37. The van der Waals surface area contributed by atoms with Crippen LogP contribution in [0.2, 0.25) is 0 Å². The number of carbonyl (C=O) groups is 1. The quantitative estimate of drug-likeness (QED) is 0.704. The molecule has 0 aromatic heterocycles. The summed E-state index contributed by atoms with van der Waals surface area (Å²) in [5, 5.41) is 12.5. The second-order valence-corrected chi connectivity index (χ2v) is 5.33. The number of aliphatic hydroxyl groups is 1. The topological polar surface area (TPSA) is 52.6 Å². The number of nitrogens with zero attached hydrogens (tertiary/aromatic N) is 1. The summed E-state index contributed by atoms with van der Waals surface area (Å²) in [6, 6.07) is 0.430. The number of aliphatic hydroxyl groups excluding tert-OH is 1. The Morgan fingerprint density at radius 2 is 2.11 bits per heavy atom. The van der Waals surface area contributed by atoms with Crippen molar-refractivity contribution in [1.29, 1.82) is 0 Å². The maximum absolute atomic E-state index is 12.4. The molecule has 1 saturated heterocycles. The van der Waals surface area contributed by atoms with Gasteiger partial charge in [0.05, 0.1) is 6.61 Å². The van der Waals surface area contributed by atoms with Crippen LogP contribution in [0.1, 0.15) is 46.0 Å². The molecule has 114 valence electrons. The van der Waals surface area contributed by atoms with Gasteiger partial charge >= 0.3 is 0 Å². The van der Waals surface area contributed by atoms with Crippen molar-refractivity contribution in [2.45, 2.75) is 52.0 Å². The van der Waals surface area contributed by atoms with Gasteiger partial charge in [-0.25, -0.2) is 0 Å². The molecule has 2 N–H and O–H groups in total. The Morgan fingerprint density at radius 1 is 1.37 bits per heavy atom. The lowest BCUT2D eigenvalue weighted by Crippen LogP contribution is -2.45. The predicted octanol–water partition coefficient (Wildman–Crippen LogP) is 1.81. The Labute approximate surface area is 123 Å². The van der Waals surface area contributed by atoms with Crippen molar-refractivity contribution in [1.82, 2.24) is 10.2 Å². The fourth-order valence-electron chi connectivity index (χ4n) is 2.62. The van der Waals surface area contributed by atoms with Gasteiger partial charge in [0.15, 0.2) is 0 Å². The van der Waals surface area contributed by atoms with Gasteiger partial charge in [-0.15, -0.1) is 12.4 Å². The van der Waals surface area contributed by atoms with Crippen molar-refractivity contribution >= 4 is 18.3 Å². The molecule has 0 aromatic carbocycles. The van der Waals surface area contributed by atoms with Crippen LogP contribution in [-0.2, 0) is 4.79 Å². The van der Waals surface area contributed by atoms with Gasteiger partial charge in [-0.2, -0.15) is 0 Å². The lowest BCUT2D eigenvalue weighted by molar-refractivity contribution is -0.137. The first-order valence-electron chi connectivity index (χ1n) is 7.32. The van der Waals surface area contributed by atoms with E-state index in [-0.39, 0.29) is 30.8 Å². The smallest absolute Gasteiger partial charge is 0.225 e. The van der Waals surface area contributed by atoms with Crippen LogP contribution < -0.4 is 5.32 Å². The summed E-state index contributed by atoms with van der Waals surface area (Å²) in [5.41, 5.74) is 0. The summed E-state index contributed by atoms with van der Waals surface area (Å²) >= 11 is 0. The highest BCUT2D eigenvalue weighted by molar-refractivity contribution is 5.85. The molecule has 2 atom stereocenters. The highest BCUT2D eigenvalue weighted by atomic mass is 35.5. The molecular formula is C14H29ClN2O2. The molecule has 5 heteroatoms. The Bertz CT molecular complexity index is 252. The first-order valence-corrected chi connectivity index (χ1v) is 7.32. The second kappa shape index (κ2) is 10.5. The fourth-order valence-corrected chi connectivity index (χ4v) is 2.62. The van der Waals surface area contributed by atoms with Crippen molar-refractivity contribution in [3.63, 3.8) is 0 Å². The maximum atomic E-state index is 12.4. The number of hydrogen-bond donors (Lipinski definition) is 2. The molecule has 4 nitrogen and oxygen atoms in total. The van der Waals surface area contributed by atoms with Gasteiger partial charge in [-0.3, -0.25) is 4.79 Å². The number of rotatable bonds is 7. The number of carbonyl (C=O) groups excluding carboxylic acids is 1. The standard InChI is InChI=1S/C14H28N2O2.ClH/c1-3-4-5-8-16(9-10-17)14(18)13-6-7-15-12(2)11-13;/h12-13,15,17H,3-11H2,1-2H3;1H/t12-,13-;/m0./s1. The summed E-state index contributed by atoms with van der Waals surface area (Å²) in [6.45, 7) is 6.57. The number of hydrogen-bond acceptors (Lipinski definition) is 3. The largest absolute Gasteiger partial charge is 0.395 e. The van der Waals surface area contributed by atoms with E-state index in [2.05, 4.69) is 19.2 Å². The van der Waals surface area contributed by atoms with E-state index in [0.717, 1.165) is 45.2 Å². The van der Waals surface area contributed by atoms with Crippen LogP contribution in [0, 0.1) is 5.92 Å². The number of piperidine rings is 1. The number of unbranched alkanes of at least 4 members (excludes halogenated alkanes) is 2. The monoisotopic (exact) mass is 292 g/mol. The Morgan fingerprint density at radius 3 is 2.68 bits per heavy atom. The zero-order valence-electron chi connectivity index (χ0n) is 12.2. The molecular weight excluding hydrogens is 264 g/mol. The Kier molecular flexibility index (Phi) is 10.3. The van der Waals surface area contributed by atoms with E-state index in [1.165, 1.54) is 0 Å². The average molecular weight is 293 g/mol. The van der Waals surface area contributed by atoms with Crippen LogP contribution in [0.15, 0.2) is 0 Å². The molecule has 0 unspecified atom stereocenters. The van der Waals surface area contributed by atoms with E-state index < -0.39 is 0 Å². The Balaban J connectivity index is 0.00000324. The number of amides is 1. The predicted molar refractivity (Wildman–Crippen MR) is 80.6 cm³/mol. The van der Waals surface area contributed by atoms with Crippen molar-refractivity contribution in [3.05, 3.63) is 0 Å². The van der Waals surface area contributed by atoms with Crippen LogP contribution in [0.3, 0.4) is 0 Å². The van der Waals surface area contributed by atoms with Crippen LogP contribution >= 0.6 is 12.4 Å². The Hall–Kier alpha value is -0.320. The molecule has 1 rings (SSSR count). The molecule has 0 aromatic rings. The van der Waals surface area contributed by atoms with E-state index in [1.54, 1.807) is 0 Å². The zero-order valence-corrected chi connectivity index (χ0v) is 13.0. The molecule has 19 heavy (non-hydrogen) atoms. The summed E-state index contributed by atoms with van der Waals surface area (Å²) < 4.78 is 0. The summed E-state index contributed by atoms with van der Waals surface area (Å²) in [4.78, 5) is 14.3. The van der Waals surface area contributed by atoms with E-state index in [4.69, 9.17) is 5.11 Å². The molecule has 0 bridgehead atoms. The van der Waals surface area contributed by atoms with Gasteiger partial charge in [0, 0.05) is 25.0 Å². The van der Waals surface area contributed by atoms with E-state index >= 15 is 0 Å². The van der Waals surface area contributed by atoms with Crippen LogP contribution in [0.4, 0.5) is 0 Å². The molecule has 1 amide bonds. The van der Waals surface area contributed by atoms with Gasteiger partial charge in [-0.05, 0) is 32.7 Å². The normalized spacial score (nSPS) is 22.7. The third kappa shape index (κ3) is 6.59. The molecule has 0 saturated carbocycles. The number of halogens is 1. The van der Waals surface area contributed by atoms with Gasteiger partial charge < -0.3 is 15.3 Å². The highest BCUT2D eigenvalue weighted by Crippen LogP contribution is 2.19. The lowest BCUT2D eigenvalue weighted by Gasteiger charge is -2.32. The summed E-state index contributed by atoms with van der Waals surface area (Å²) in [5.74, 6) is 0.392. The molecule has 1 aliphatic heterocycles. The van der Waals surface area contributed by atoms with Crippen molar-refractivity contribution in [2.24, 2.45) is 5.92 Å². The first kappa shape index (κ1) is 18.7. The minimum Gasteiger partial charge on any atom is -0.395 e. The molecule has 0 spiro atoms. The van der Waals surface area contributed by atoms with Crippen molar-refractivity contribution in [3.8, 4) is 0 Å². The second-order valence-electron chi connectivity index (χ2n) is 5.33. The minimum absolute atomic E-state index is 0. The van der Waals surface area contributed by atoms with Gasteiger partial charge in [0.25, 0.3) is 0 Å². The van der Waals surface area contributed by atoms with Gasteiger partial charge in [0.2, 0.25) is 5.91 Å². The van der Waals surface area contributed by atoms with E-state index in [1.807, 2.05) is 4.90 Å². The molecule has 1 fully saturated rings. The molecule has 0 aliphatic carbocycles. The maximum Gasteiger partial charge on any atom is 0.225 e. The van der Waals surface area contributed by atoms with Gasteiger partial charge in [0.1, 0.15) is 0 Å². The van der Waals surface area contributed by atoms with Gasteiger partial charge in [-0.1, -0.05) is 19.8 Å². The van der Waals surface area contributed by atoms with Crippen LogP contribution in [0.5, 0.6) is 0 Å². The minimum atomic E-state index is 0. The van der Waals surface area contributed by atoms with E-state index in [0.29, 0.717) is 12.6 Å². The summed E-state index contributed by atoms with van der Waals surface area (Å²) in [6.07, 6.45) is 5.21. The molecule has 0 radical (unpaired) electrons. The number of nitrogens with one attached hydrogen (secondary N) is 1. The summed E-state index contributed by atoms with van der Waals surface area (Å²) in [7, 11) is 0. The van der Waals surface area contributed by atoms with E-state index in [9.17, 15) is 4.79 Å². The lowest BCUT2D eigenvalue weighted by atomic mass is 9.92. The molecule has 1 heterocycles. The third-order valence-electron chi connectivity index (χ3n) is 3.69. The SMILES string of the molecule is CCCCCN(CCO)C(=O)[C@H]1CCN[C@@H](C)C1.Cl. The molecule has 1 aliphatic rings. The fraction of sp³-hybridized carbons (Fsp3) is 0.929. The highest BCUT2D eigenvalue weighted by Gasteiger charge is 2.27. The zero-order chi connectivity index (χ0) is 13.4. The van der Waals surface area contributed by atoms with Crippen LogP contribution in [0.25, 0.3) is 0 Å². The van der Waals surface area contributed by atoms with Crippen molar-refractivity contribution in [2.75, 3.05) is 26.2 Å².